The van der Waals surface area contributed by atoms with E-state index in [1.807, 2.05) is 0 Å². The van der Waals surface area contributed by atoms with E-state index in [1.165, 1.54) is 6.07 Å². The van der Waals surface area contributed by atoms with Crippen LogP contribution in [-0.2, 0) is 9.59 Å². The first-order valence-corrected chi connectivity index (χ1v) is 5.97. The van der Waals surface area contributed by atoms with Crippen molar-refractivity contribution < 1.29 is 24.2 Å². The van der Waals surface area contributed by atoms with Crippen LogP contribution in [0.15, 0.2) is 24.3 Å². The molecule has 108 valence electrons. The van der Waals surface area contributed by atoms with Crippen molar-refractivity contribution in [2.75, 3.05) is 19.7 Å². The van der Waals surface area contributed by atoms with Gasteiger partial charge in [-0.3, -0.25) is 14.4 Å². The molecule has 0 aliphatic rings. The van der Waals surface area contributed by atoms with Crippen LogP contribution >= 0.6 is 0 Å². The summed E-state index contributed by atoms with van der Waals surface area (Å²) < 4.78 is 5.31. The number of benzene rings is 1. The van der Waals surface area contributed by atoms with Crippen molar-refractivity contribution >= 4 is 17.8 Å². The van der Waals surface area contributed by atoms with Gasteiger partial charge in [0.15, 0.2) is 0 Å². The standard InChI is InChI=1S/C13H16N2O5/c1-2-20-10-6-4-3-5-9(10)13(19)15(7-11(14)16)8-12(17)18/h3-6H,2,7-8H2,1H3,(H2,14,16)(H,17,18). The smallest absolute Gasteiger partial charge is 0.323 e. The van der Waals surface area contributed by atoms with Crippen molar-refractivity contribution in [2.24, 2.45) is 5.73 Å². The highest BCUT2D eigenvalue weighted by Gasteiger charge is 2.22. The molecule has 20 heavy (non-hydrogen) atoms. The van der Waals surface area contributed by atoms with Crippen molar-refractivity contribution in [3.8, 4) is 5.75 Å². The summed E-state index contributed by atoms with van der Waals surface area (Å²) in [5, 5.41) is 8.79. The molecule has 2 amide bonds. The van der Waals surface area contributed by atoms with Gasteiger partial charge in [0.1, 0.15) is 18.8 Å². The molecule has 0 saturated carbocycles. The number of aliphatic carboxylic acids is 1. The number of carbonyl (C=O) groups excluding carboxylic acids is 2. The largest absolute Gasteiger partial charge is 0.493 e. The highest BCUT2D eigenvalue weighted by molar-refractivity contribution is 6.00. The van der Waals surface area contributed by atoms with E-state index in [-0.39, 0.29) is 5.56 Å². The summed E-state index contributed by atoms with van der Waals surface area (Å²) in [6, 6.07) is 6.42. The van der Waals surface area contributed by atoms with Gasteiger partial charge in [-0.2, -0.15) is 0 Å². The van der Waals surface area contributed by atoms with Gasteiger partial charge in [0, 0.05) is 0 Å². The lowest BCUT2D eigenvalue weighted by atomic mass is 10.1. The lowest BCUT2D eigenvalue weighted by molar-refractivity contribution is -0.138. The number of primary amides is 1. The molecule has 0 saturated heterocycles. The zero-order valence-electron chi connectivity index (χ0n) is 11.0. The third kappa shape index (κ3) is 4.27. The van der Waals surface area contributed by atoms with E-state index in [4.69, 9.17) is 15.6 Å². The molecule has 3 N–H and O–H groups in total. The van der Waals surface area contributed by atoms with E-state index in [9.17, 15) is 14.4 Å². The number of nitrogens with two attached hydrogens (primary N) is 1. The van der Waals surface area contributed by atoms with Gasteiger partial charge in [-0.1, -0.05) is 12.1 Å². The van der Waals surface area contributed by atoms with Crippen LogP contribution in [0.3, 0.4) is 0 Å². The maximum atomic E-state index is 12.3. The second-order valence-electron chi connectivity index (χ2n) is 3.95. The second-order valence-corrected chi connectivity index (χ2v) is 3.95. The topological polar surface area (TPSA) is 110 Å². The molecule has 0 heterocycles. The van der Waals surface area contributed by atoms with Gasteiger partial charge in [0.25, 0.3) is 5.91 Å². The Morgan fingerprint density at radius 3 is 2.45 bits per heavy atom. The van der Waals surface area contributed by atoms with Crippen LogP contribution in [0.25, 0.3) is 0 Å². The van der Waals surface area contributed by atoms with Crippen molar-refractivity contribution in [1.29, 1.82) is 0 Å². The number of ether oxygens (including phenoxy) is 1. The molecular formula is C13H16N2O5. The van der Waals surface area contributed by atoms with E-state index in [0.29, 0.717) is 12.4 Å². The molecule has 0 radical (unpaired) electrons. The molecule has 1 aromatic carbocycles. The van der Waals surface area contributed by atoms with Gasteiger partial charge in [0.2, 0.25) is 5.91 Å². The molecule has 7 nitrogen and oxygen atoms in total. The molecule has 1 rings (SSSR count). The first kappa shape index (κ1) is 15.5. The monoisotopic (exact) mass is 280 g/mol. The molecule has 0 aliphatic heterocycles. The second kappa shape index (κ2) is 7.13. The Balaban J connectivity index is 3.04. The van der Waals surface area contributed by atoms with Gasteiger partial charge < -0.3 is 20.5 Å². The number of para-hydroxylation sites is 1. The van der Waals surface area contributed by atoms with Crippen LogP contribution in [0.2, 0.25) is 0 Å². The average molecular weight is 280 g/mol. The Labute approximate surface area is 115 Å². The van der Waals surface area contributed by atoms with Gasteiger partial charge in [-0.05, 0) is 19.1 Å². The number of carbonyl (C=O) groups is 3. The number of hydrogen-bond acceptors (Lipinski definition) is 4. The van der Waals surface area contributed by atoms with Crippen LogP contribution in [0.4, 0.5) is 0 Å². The maximum absolute atomic E-state index is 12.3. The van der Waals surface area contributed by atoms with Gasteiger partial charge in [0.05, 0.1) is 12.2 Å². The highest BCUT2D eigenvalue weighted by Crippen LogP contribution is 2.19. The zero-order chi connectivity index (χ0) is 15.1. The van der Waals surface area contributed by atoms with E-state index < -0.39 is 30.9 Å². The van der Waals surface area contributed by atoms with Crippen LogP contribution in [0, 0.1) is 0 Å². The third-order valence-corrected chi connectivity index (χ3v) is 2.38. The van der Waals surface area contributed by atoms with Crippen molar-refractivity contribution in [3.63, 3.8) is 0 Å². The highest BCUT2D eigenvalue weighted by atomic mass is 16.5. The first-order valence-electron chi connectivity index (χ1n) is 5.97. The minimum atomic E-state index is -1.23. The van der Waals surface area contributed by atoms with Gasteiger partial charge in [-0.15, -0.1) is 0 Å². The van der Waals surface area contributed by atoms with E-state index in [0.717, 1.165) is 4.90 Å². The molecule has 7 heteroatoms. The number of carboxylic acids is 1. The summed E-state index contributed by atoms with van der Waals surface area (Å²) in [6.07, 6.45) is 0. The van der Waals surface area contributed by atoms with Gasteiger partial charge >= 0.3 is 5.97 Å². The Hall–Kier alpha value is -2.57. The van der Waals surface area contributed by atoms with Crippen LogP contribution in [-0.4, -0.2) is 47.5 Å². The normalized spacial score (nSPS) is 9.85. The lowest BCUT2D eigenvalue weighted by Gasteiger charge is -2.20. The number of rotatable bonds is 7. The molecule has 0 spiro atoms. The summed E-state index contributed by atoms with van der Waals surface area (Å²) >= 11 is 0. The van der Waals surface area contributed by atoms with Crippen LogP contribution < -0.4 is 10.5 Å². The first-order chi connectivity index (χ1) is 9.45. The Kier molecular flexibility index (Phi) is 5.52. The molecule has 0 fully saturated rings. The SMILES string of the molecule is CCOc1ccccc1C(=O)N(CC(N)=O)CC(=O)O. The minimum absolute atomic E-state index is 0.192. The van der Waals surface area contributed by atoms with E-state index in [2.05, 4.69) is 0 Å². The van der Waals surface area contributed by atoms with Crippen molar-refractivity contribution in [3.05, 3.63) is 29.8 Å². The molecule has 0 atom stereocenters. The fraction of sp³-hybridized carbons (Fsp3) is 0.308. The molecule has 1 aromatic rings. The summed E-state index contributed by atoms with van der Waals surface area (Å²) in [5.74, 6) is -2.29. The summed E-state index contributed by atoms with van der Waals surface area (Å²) in [6.45, 7) is 1.05. The summed E-state index contributed by atoms with van der Waals surface area (Å²) in [4.78, 5) is 34.9. The van der Waals surface area contributed by atoms with Crippen molar-refractivity contribution in [1.82, 2.24) is 4.90 Å². The molecular weight excluding hydrogens is 264 g/mol. The molecule has 0 aromatic heterocycles. The molecule has 0 aliphatic carbocycles. The number of hydrogen-bond donors (Lipinski definition) is 2. The summed E-state index contributed by atoms with van der Waals surface area (Å²) in [7, 11) is 0. The maximum Gasteiger partial charge on any atom is 0.323 e. The fourth-order valence-electron chi connectivity index (χ4n) is 1.65. The average Bonchev–Trinajstić information content (AvgIpc) is 2.37. The molecule has 0 bridgehead atoms. The number of nitrogens with zero attached hydrogens (tertiary/aromatic N) is 1. The Morgan fingerprint density at radius 1 is 1.25 bits per heavy atom. The van der Waals surface area contributed by atoms with Gasteiger partial charge in [-0.25, -0.2) is 0 Å². The predicted octanol–water partition coefficient (Wildman–Crippen LogP) is 0.0974. The predicted molar refractivity (Wildman–Crippen MR) is 70.3 cm³/mol. The number of amides is 2. The number of carboxylic acid groups (broad SMARTS) is 1. The third-order valence-electron chi connectivity index (χ3n) is 2.38. The minimum Gasteiger partial charge on any atom is -0.493 e. The zero-order valence-corrected chi connectivity index (χ0v) is 11.0. The van der Waals surface area contributed by atoms with Crippen LogP contribution in [0.5, 0.6) is 5.75 Å². The van der Waals surface area contributed by atoms with E-state index in [1.54, 1.807) is 25.1 Å². The molecule has 0 unspecified atom stereocenters. The van der Waals surface area contributed by atoms with Crippen molar-refractivity contribution in [2.45, 2.75) is 6.92 Å². The van der Waals surface area contributed by atoms with Crippen LogP contribution in [0.1, 0.15) is 17.3 Å². The fourth-order valence-corrected chi connectivity index (χ4v) is 1.65. The summed E-state index contributed by atoms with van der Waals surface area (Å²) in [5.41, 5.74) is 5.22. The Morgan fingerprint density at radius 2 is 1.90 bits per heavy atom. The quantitative estimate of drug-likeness (QED) is 0.736. The Bertz CT molecular complexity index is 499. The lowest BCUT2D eigenvalue weighted by Crippen LogP contribution is -2.41. The van der Waals surface area contributed by atoms with E-state index >= 15 is 0 Å².